The van der Waals surface area contributed by atoms with Crippen molar-refractivity contribution in [2.75, 3.05) is 31.1 Å². The molecule has 2 aromatic carbocycles. The highest BCUT2D eigenvalue weighted by Crippen LogP contribution is 2.32. The zero-order valence-corrected chi connectivity index (χ0v) is 18.5. The van der Waals surface area contributed by atoms with E-state index in [1.807, 2.05) is 16.3 Å². The number of hydrogen-bond donors (Lipinski definition) is 0. The predicted octanol–water partition coefficient (Wildman–Crippen LogP) is 4.91. The van der Waals surface area contributed by atoms with Crippen molar-refractivity contribution in [2.24, 2.45) is 0 Å². The molecule has 0 atom stereocenters. The third-order valence-corrected chi connectivity index (χ3v) is 8.32. The topological polar surface area (TPSA) is 53.5 Å². The summed E-state index contributed by atoms with van der Waals surface area (Å²) in [6.45, 7) is 0.892. The molecule has 0 radical (unpaired) electrons. The van der Waals surface area contributed by atoms with Gasteiger partial charge in [-0.3, -0.25) is 0 Å². The second-order valence-corrected chi connectivity index (χ2v) is 10.1. The summed E-state index contributed by atoms with van der Waals surface area (Å²) < 4.78 is 54.5. The van der Waals surface area contributed by atoms with Gasteiger partial charge < -0.3 is 4.90 Å². The first-order valence-corrected chi connectivity index (χ1v) is 11.9. The van der Waals surface area contributed by atoms with E-state index in [-0.39, 0.29) is 13.1 Å². The average molecular weight is 490 g/mol. The summed E-state index contributed by atoms with van der Waals surface area (Å²) in [5.41, 5.74) is 1.56. The van der Waals surface area contributed by atoms with E-state index in [1.54, 1.807) is 12.1 Å². The first-order chi connectivity index (χ1) is 14.3. The number of hydrogen-bond acceptors (Lipinski definition) is 5. The summed E-state index contributed by atoms with van der Waals surface area (Å²) in [4.78, 5) is 5.64. The molecule has 5 nitrogen and oxygen atoms in total. The lowest BCUT2D eigenvalue weighted by Crippen LogP contribution is -2.49. The van der Waals surface area contributed by atoms with Crippen molar-refractivity contribution in [1.29, 1.82) is 0 Å². The molecule has 1 aromatic heterocycles. The van der Waals surface area contributed by atoms with Crippen LogP contribution in [0.15, 0.2) is 46.7 Å². The van der Waals surface area contributed by atoms with Gasteiger partial charge in [-0.1, -0.05) is 35.3 Å². The Labute approximate surface area is 186 Å². The number of nitrogens with zero attached hydrogens (tertiary/aromatic N) is 3. The molecule has 0 N–H and O–H groups in total. The first kappa shape index (κ1) is 21.5. The zero-order valence-electron chi connectivity index (χ0n) is 15.4. The van der Waals surface area contributed by atoms with Crippen LogP contribution in [0.2, 0.25) is 10.0 Å². The molecule has 0 bridgehead atoms. The summed E-state index contributed by atoms with van der Waals surface area (Å²) in [5.74, 6) is -2.19. The van der Waals surface area contributed by atoms with Crippen molar-refractivity contribution in [3.8, 4) is 11.3 Å². The van der Waals surface area contributed by atoms with Gasteiger partial charge in [0, 0.05) is 37.1 Å². The van der Waals surface area contributed by atoms with E-state index in [1.165, 1.54) is 11.3 Å². The molecule has 0 amide bonds. The average Bonchev–Trinajstić information content (AvgIpc) is 3.20. The van der Waals surface area contributed by atoms with E-state index in [9.17, 15) is 17.2 Å². The van der Waals surface area contributed by atoms with Crippen LogP contribution in [0.4, 0.5) is 13.9 Å². The third-order valence-electron chi connectivity index (χ3n) is 4.73. The Bertz CT molecular complexity index is 1180. The highest BCUT2D eigenvalue weighted by molar-refractivity contribution is 7.89. The van der Waals surface area contributed by atoms with Crippen molar-refractivity contribution in [3.63, 3.8) is 0 Å². The second-order valence-electron chi connectivity index (χ2n) is 6.59. The molecule has 2 heterocycles. The lowest BCUT2D eigenvalue weighted by atomic mass is 10.2. The first-order valence-electron chi connectivity index (χ1n) is 8.87. The minimum absolute atomic E-state index is 0.0950. The van der Waals surface area contributed by atoms with Crippen LogP contribution in [0.25, 0.3) is 11.3 Å². The van der Waals surface area contributed by atoms with E-state index in [0.717, 1.165) is 38.9 Å². The van der Waals surface area contributed by atoms with Gasteiger partial charge in [-0.05, 0) is 24.3 Å². The normalized spacial score (nSPS) is 15.5. The van der Waals surface area contributed by atoms with Crippen LogP contribution in [-0.4, -0.2) is 43.9 Å². The Balaban J connectivity index is 1.49. The van der Waals surface area contributed by atoms with Gasteiger partial charge in [-0.15, -0.1) is 11.3 Å². The fraction of sp³-hybridized carbons (Fsp3) is 0.211. The molecule has 30 heavy (non-hydrogen) atoms. The molecule has 1 fully saturated rings. The molecular weight excluding hydrogens is 475 g/mol. The maximum absolute atomic E-state index is 14.0. The number of benzene rings is 2. The van der Waals surface area contributed by atoms with Gasteiger partial charge in [-0.2, -0.15) is 4.31 Å². The van der Waals surface area contributed by atoms with E-state index < -0.39 is 26.6 Å². The van der Waals surface area contributed by atoms with Crippen LogP contribution in [0, 0.1) is 11.6 Å². The van der Waals surface area contributed by atoms with E-state index in [2.05, 4.69) is 4.98 Å². The fourth-order valence-corrected chi connectivity index (χ4v) is 5.89. The molecule has 158 valence electrons. The number of aromatic nitrogens is 1. The number of rotatable bonds is 4. The Morgan fingerprint density at radius 1 is 0.967 bits per heavy atom. The Morgan fingerprint density at radius 2 is 1.63 bits per heavy atom. The number of halogens is 4. The van der Waals surface area contributed by atoms with E-state index >= 15 is 0 Å². The smallest absolute Gasteiger partial charge is 0.249 e. The van der Waals surface area contributed by atoms with Crippen molar-refractivity contribution in [3.05, 3.63) is 63.5 Å². The van der Waals surface area contributed by atoms with Crippen LogP contribution in [-0.2, 0) is 10.0 Å². The Morgan fingerprint density at radius 3 is 2.27 bits per heavy atom. The summed E-state index contributed by atoms with van der Waals surface area (Å²) in [6, 6.07) is 8.26. The van der Waals surface area contributed by atoms with Crippen LogP contribution >= 0.6 is 34.5 Å². The predicted molar refractivity (Wildman–Crippen MR) is 115 cm³/mol. The lowest BCUT2D eigenvalue weighted by Gasteiger charge is -2.33. The van der Waals surface area contributed by atoms with Gasteiger partial charge >= 0.3 is 0 Å². The van der Waals surface area contributed by atoms with Gasteiger partial charge in [0.15, 0.2) is 10.0 Å². The second kappa shape index (κ2) is 8.39. The van der Waals surface area contributed by atoms with Crippen LogP contribution in [0.1, 0.15) is 0 Å². The van der Waals surface area contributed by atoms with Crippen LogP contribution in [0.5, 0.6) is 0 Å². The molecule has 0 saturated carbocycles. The molecule has 0 aliphatic carbocycles. The van der Waals surface area contributed by atoms with Crippen molar-refractivity contribution >= 4 is 49.7 Å². The molecule has 3 aromatic rings. The maximum atomic E-state index is 14.0. The Kier molecular flexibility index (Phi) is 6.00. The highest BCUT2D eigenvalue weighted by atomic mass is 35.5. The molecule has 1 aliphatic heterocycles. The monoisotopic (exact) mass is 489 g/mol. The summed E-state index contributed by atoms with van der Waals surface area (Å²) in [5, 5.41) is 3.50. The minimum atomic E-state index is -4.26. The number of thiazole rings is 1. The SMILES string of the molecule is O=S(=O)(c1c(F)cccc1F)N1CCN(c2nc(-c3ccc(Cl)c(Cl)c3)cs2)CC1. The van der Waals surface area contributed by atoms with Crippen molar-refractivity contribution in [1.82, 2.24) is 9.29 Å². The summed E-state index contributed by atoms with van der Waals surface area (Å²) in [6.07, 6.45) is 0. The fourth-order valence-electron chi connectivity index (χ4n) is 3.18. The molecule has 11 heteroatoms. The van der Waals surface area contributed by atoms with Gasteiger partial charge in [0.25, 0.3) is 0 Å². The maximum Gasteiger partial charge on any atom is 0.249 e. The van der Waals surface area contributed by atoms with E-state index in [0.29, 0.717) is 23.1 Å². The molecule has 0 spiro atoms. The van der Waals surface area contributed by atoms with Crippen LogP contribution in [0.3, 0.4) is 0 Å². The highest BCUT2D eigenvalue weighted by Gasteiger charge is 2.33. The minimum Gasteiger partial charge on any atom is -0.345 e. The van der Waals surface area contributed by atoms with E-state index in [4.69, 9.17) is 23.2 Å². The third kappa shape index (κ3) is 4.04. The molecule has 0 unspecified atom stereocenters. The van der Waals surface area contributed by atoms with Gasteiger partial charge in [-0.25, -0.2) is 22.2 Å². The molecule has 4 rings (SSSR count). The quantitative estimate of drug-likeness (QED) is 0.522. The number of sulfonamides is 1. The van der Waals surface area contributed by atoms with Gasteiger partial charge in [0.1, 0.15) is 11.6 Å². The van der Waals surface area contributed by atoms with Gasteiger partial charge in [0.05, 0.1) is 15.7 Å². The number of anilines is 1. The lowest BCUT2D eigenvalue weighted by molar-refractivity contribution is 0.378. The largest absolute Gasteiger partial charge is 0.345 e. The standard InChI is InChI=1S/C19H15Cl2F2N3O2S2/c20-13-5-4-12(10-14(13)21)17-11-29-19(24-17)25-6-8-26(9-7-25)30(27,28)18-15(22)2-1-3-16(18)23/h1-5,10-11H,6-9H2. The van der Waals surface area contributed by atoms with Crippen molar-refractivity contribution in [2.45, 2.75) is 4.90 Å². The van der Waals surface area contributed by atoms with Crippen LogP contribution < -0.4 is 4.90 Å². The zero-order chi connectivity index (χ0) is 21.5. The molecule has 1 saturated heterocycles. The number of piperazine rings is 1. The van der Waals surface area contributed by atoms with Crippen molar-refractivity contribution < 1.29 is 17.2 Å². The molecular formula is C19H15Cl2F2N3O2S2. The molecule has 1 aliphatic rings. The van der Waals surface area contributed by atoms with Gasteiger partial charge in [0.2, 0.25) is 10.0 Å². The Hall–Kier alpha value is -1.78. The summed E-state index contributed by atoms with van der Waals surface area (Å²) in [7, 11) is -4.26. The summed E-state index contributed by atoms with van der Waals surface area (Å²) >= 11 is 13.4.